The number of hydrogen-bond donors (Lipinski definition) is 2. The largest absolute Gasteiger partial charge is 0.449 e. The standard InChI is InChI=1S/C20H21N3O5S/c1-13(2)23-29(26,27)18-10-8-17(9-11-18)22-19(24)14(3)28-20(25)16-6-4-15(12-21)5-7-16/h4-11,13-14,23H,1-3H3,(H,22,24)/t14-/m1/s1. The molecule has 0 aliphatic carbocycles. The van der Waals surface area contributed by atoms with Gasteiger partial charge < -0.3 is 10.1 Å². The van der Waals surface area contributed by atoms with Crippen LogP contribution in [0.15, 0.2) is 53.4 Å². The Balaban J connectivity index is 1.98. The van der Waals surface area contributed by atoms with E-state index in [4.69, 9.17) is 10.00 Å². The molecule has 0 radical (unpaired) electrons. The lowest BCUT2D eigenvalue weighted by Gasteiger charge is -2.14. The molecule has 2 aromatic rings. The van der Waals surface area contributed by atoms with E-state index in [0.717, 1.165) is 0 Å². The SMILES string of the molecule is CC(C)NS(=O)(=O)c1ccc(NC(=O)[C@@H](C)OC(=O)c2ccc(C#N)cc2)cc1. The molecule has 2 aromatic carbocycles. The zero-order chi connectivity index (χ0) is 21.6. The van der Waals surface area contributed by atoms with Gasteiger partial charge in [0.15, 0.2) is 6.10 Å². The van der Waals surface area contributed by atoms with Crippen molar-refractivity contribution in [2.75, 3.05) is 5.32 Å². The van der Waals surface area contributed by atoms with Crippen molar-refractivity contribution < 1.29 is 22.7 Å². The minimum Gasteiger partial charge on any atom is -0.449 e. The normalized spacial score (nSPS) is 12.1. The minimum absolute atomic E-state index is 0.0736. The van der Waals surface area contributed by atoms with Gasteiger partial charge in [-0.1, -0.05) is 0 Å². The van der Waals surface area contributed by atoms with Gasteiger partial charge in [0.1, 0.15) is 0 Å². The fourth-order valence-electron chi connectivity index (χ4n) is 2.30. The molecule has 0 aliphatic rings. The number of esters is 1. The molecule has 8 nitrogen and oxygen atoms in total. The maximum absolute atomic E-state index is 12.2. The van der Waals surface area contributed by atoms with Crippen LogP contribution in [0, 0.1) is 11.3 Å². The molecule has 1 amide bonds. The monoisotopic (exact) mass is 415 g/mol. The molecule has 152 valence electrons. The van der Waals surface area contributed by atoms with Gasteiger partial charge in [0.05, 0.1) is 22.1 Å². The van der Waals surface area contributed by atoms with E-state index < -0.39 is 28.0 Å². The van der Waals surface area contributed by atoms with Crippen molar-refractivity contribution in [1.29, 1.82) is 5.26 Å². The number of benzene rings is 2. The molecular weight excluding hydrogens is 394 g/mol. The molecule has 0 bridgehead atoms. The Kier molecular flexibility index (Phi) is 7.09. The summed E-state index contributed by atoms with van der Waals surface area (Å²) in [5.41, 5.74) is 0.983. The van der Waals surface area contributed by atoms with Gasteiger partial charge >= 0.3 is 5.97 Å². The molecule has 0 aromatic heterocycles. The molecule has 1 atom stereocenters. The average molecular weight is 415 g/mol. The van der Waals surface area contributed by atoms with Crippen molar-refractivity contribution in [3.8, 4) is 6.07 Å². The summed E-state index contributed by atoms with van der Waals surface area (Å²) in [5, 5.41) is 11.3. The molecule has 0 spiro atoms. The number of nitriles is 1. The highest BCUT2D eigenvalue weighted by atomic mass is 32.2. The molecule has 0 fully saturated rings. The van der Waals surface area contributed by atoms with E-state index in [0.29, 0.717) is 11.3 Å². The van der Waals surface area contributed by atoms with E-state index in [1.54, 1.807) is 13.8 Å². The van der Waals surface area contributed by atoms with Gasteiger partial charge in [-0.25, -0.2) is 17.9 Å². The van der Waals surface area contributed by atoms with Gasteiger partial charge in [-0.3, -0.25) is 4.79 Å². The zero-order valence-electron chi connectivity index (χ0n) is 16.2. The average Bonchev–Trinajstić information content (AvgIpc) is 2.67. The number of hydrogen-bond acceptors (Lipinski definition) is 6. The number of ether oxygens (including phenoxy) is 1. The molecule has 0 aliphatic heterocycles. The minimum atomic E-state index is -3.62. The quantitative estimate of drug-likeness (QED) is 0.669. The second kappa shape index (κ2) is 9.32. The lowest BCUT2D eigenvalue weighted by molar-refractivity contribution is -0.123. The molecular formula is C20H21N3O5S. The highest BCUT2D eigenvalue weighted by molar-refractivity contribution is 7.89. The van der Waals surface area contributed by atoms with Crippen LogP contribution in [-0.2, 0) is 19.6 Å². The number of anilines is 1. The Morgan fingerprint density at radius 2 is 1.59 bits per heavy atom. The lowest BCUT2D eigenvalue weighted by Crippen LogP contribution is -2.30. The fraction of sp³-hybridized carbons (Fsp3) is 0.250. The summed E-state index contributed by atoms with van der Waals surface area (Å²) in [4.78, 5) is 24.4. The maximum atomic E-state index is 12.2. The summed E-state index contributed by atoms with van der Waals surface area (Å²) >= 11 is 0. The molecule has 0 heterocycles. The summed E-state index contributed by atoms with van der Waals surface area (Å²) in [6.07, 6.45) is -1.08. The summed E-state index contributed by atoms with van der Waals surface area (Å²) in [6, 6.07) is 13.2. The Morgan fingerprint density at radius 1 is 1.00 bits per heavy atom. The molecule has 2 rings (SSSR count). The predicted octanol–water partition coefficient (Wildman–Crippen LogP) is 2.43. The summed E-state index contributed by atoms with van der Waals surface area (Å²) in [5.74, 6) is -1.26. The third kappa shape index (κ3) is 6.14. The lowest BCUT2D eigenvalue weighted by atomic mass is 10.1. The van der Waals surface area contributed by atoms with Crippen LogP contribution in [-0.4, -0.2) is 32.4 Å². The van der Waals surface area contributed by atoms with Crippen molar-refractivity contribution in [3.05, 3.63) is 59.7 Å². The molecule has 0 unspecified atom stereocenters. The Bertz CT molecular complexity index is 1020. The molecule has 0 saturated carbocycles. The fourth-order valence-corrected chi connectivity index (χ4v) is 3.55. The maximum Gasteiger partial charge on any atom is 0.338 e. The van der Waals surface area contributed by atoms with Gasteiger partial charge in [-0.15, -0.1) is 0 Å². The van der Waals surface area contributed by atoms with Gasteiger partial charge in [0.25, 0.3) is 5.91 Å². The number of carbonyl (C=O) groups is 2. The van der Waals surface area contributed by atoms with Gasteiger partial charge in [0.2, 0.25) is 10.0 Å². The first kappa shape index (κ1) is 22.1. The van der Waals surface area contributed by atoms with E-state index in [2.05, 4.69) is 10.0 Å². The summed E-state index contributed by atoms with van der Waals surface area (Å²) in [7, 11) is -3.62. The van der Waals surface area contributed by atoms with E-state index in [1.807, 2.05) is 6.07 Å². The van der Waals surface area contributed by atoms with Crippen LogP contribution in [0.5, 0.6) is 0 Å². The number of nitrogens with zero attached hydrogens (tertiary/aromatic N) is 1. The zero-order valence-corrected chi connectivity index (χ0v) is 17.0. The first-order valence-corrected chi connectivity index (χ1v) is 10.2. The van der Waals surface area contributed by atoms with Crippen LogP contribution in [0.1, 0.15) is 36.7 Å². The van der Waals surface area contributed by atoms with E-state index in [-0.39, 0.29) is 16.5 Å². The van der Waals surface area contributed by atoms with Crippen LogP contribution in [0.3, 0.4) is 0 Å². The van der Waals surface area contributed by atoms with Gasteiger partial charge in [0, 0.05) is 11.7 Å². The van der Waals surface area contributed by atoms with Gasteiger partial charge in [-0.2, -0.15) is 5.26 Å². The van der Waals surface area contributed by atoms with Crippen LogP contribution in [0.4, 0.5) is 5.69 Å². The predicted molar refractivity (Wildman–Crippen MR) is 107 cm³/mol. The topological polar surface area (TPSA) is 125 Å². The Morgan fingerprint density at radius 3 is 2.10 bits per heavy atom. The smallest absolute Gasteiger partial charge is 0.338 e. The molecule has 29 heavy (non-hydrogen) atoms. The highest BCUT2D eigenvalue weighted by Crippen LogP contribution is 2.15. The van der Waals surface area contributed by atoms with Crippen molar-refractivity contribution in [2.24, 2.45) is 0 Å². The van der Waals surface area contributed by atoms with Gasteiger partial charge in [-0.05, 0) is 69.3 Å². The van der Waals surface area contributed by atoms with Crippen molar-refractivity contribution in [1.82, 2.24) is 4.72 Å². The van der Waals surface area contributed by atoms with E-state index in [1.165, 1.54) is 55.5 Å². The van der Waals surface area contributed by atoms with Crippen LogP contribution >= 0.6 is 0 Å². The molecule has 2 N–H and O–H groups in total. The van der Waals surface area contributed by atoms with Crippen LogP contribution in [0.25, 0.3) is 0 Å². The molecule has 9 heteroatoms. The Hall–Kier alpha value is -3.22. The van der Waals surface area contributed by atoms with Crippen LogP contribution in [0.2, 0.25) is 0 Å². The first-order valence-electron chi connectivity index (χ1n) is 8.77. The summed E-state index contributed by atoms with van der Waals surface area (Å²) < 4.78 is 31.8. The number of amides is 1. The third-order valence-electron chi connectivity index (χ3n) is 3.73. The number of sulfonamides is 1. The third-order valence-corrected chi connectivity index (χ3v) is 5.40. The van der Waals surface area contributed by atoms with E-state index in [9.17, 15) is 18.0 Å². The summed E-state index contributed by atoms with van der Waals surface area (Å²) in [6.45, 7) is 4.85. The van der Waals surface area contributed by atoms with Crippen molar-refractivity contribution in [3.63, 3.8) is 0 Å². The Labute approximate surface area is 169 Å². The highest BCUT2D eigenvalue weighted by Gasteiger charge is 2.20. The number of nitrogens with one attached hydrogen (secondary N) is 2. The second-order valence-corrected chi connectivity index (χ2v) is 8.24. The second-order valence-electron chi connectivity index (χ2n) is 6.53. The number of carbonyl (C=O) groups excluding carboxylic acids is 2. The van der Waals surface area contributed by atoms with Crippen molar-refractivity contribution in [2.45, 2.75) is 37.8 Å². The number of rotatable bonds is 7. The first-order chi connectivity index (χ1) is 13.6. The van der Waals surface area contributed by atoms with E-state index >= 15 is 0 Å². The van der Waals surface area contributed by atoms with Crippen LogP contribution < -0.4 is 10.0 Å². The molecule has 0 saturated heterocycles. The van der Waals surface area contributed by atoms with Crippen molar-refractivity contribution >= 4 is 27.6 Å².